The third kappa shape index (κ3) is 10.2. The molecule has 1 aliphatic rings. The number of rotatable bonds is 10. The van der Waals surface area contributed by atoms with Crippen molar-refractivity contribution < 1.29 is 14.4 Å². The predicted molar refractivity (Wildman–Crippen MR) is 86.6 cm³/mol. The Morgan fingerprint density at radius 1 is 1.00 bits per heavy atom. The lowest BCUT2D eigenvalue weighted by Crippen LogP contribution is -2.40. The van der Waals surface area contributed by atoms with Gasteiger partial charge in [0.25, 0.3) is 0 Å². The standard InChI is InChI=1S/C9H17N2.C8H16O2/c1-3-6-11(7-4-2)8-5-10-9-11;1-2-3-4-5-6-7-8(9)10/h5,8-9H,3-4,6-7H2,1-2H3;2-7H2,1H3,(H,9,10)/q+1;/p-1. The third-order valence-corrected chi connectivity index (χ3v) is 3.51. The first-order valence-electron chi connectivity index (χ1n) is 8.38. The normalized spacial score (nSPS) is 14.8. The van der Waals surface area contributed by atoms with Crippen molar-refractivity contribution in [3.63, 3.8) is 0 Å². The van der Waals surface area contributed by atoms with E-state index in [0.717, 1.165) is 23.7 Å². The number of hydrogen-bond donors (Lipinski definition) is 0. The Bertz CT molecular complexity index is 305. The van der Waals surface area contributed by atoms with Gasteiger partial charge in [0.15, 0.2) is 6.34 Å². The zero-order valence-electron chi connectivity index (χ0n) is 14.0. The van der Waals surface area contributed by atoms with E-state index in [1.807, 2.05) is 12.5 Å². The zero-order valence-corrected chi connectivity index (χ0v) is 14.0. The Balaban J connectivity index is 0.000000384. The van der Waals surface area contributed by atoms with E-state index in [1.54, 1.807) is 0 Å². The summed E-state index contributed by atoms with van der Waals surface area (Å²) in [7, 11) is 0. The smallest absolute Gasteiger partial charge is 0.194 e. The summed E-state index contributed by atoms with van der Waals surface area (Å²) in [5, 5.41) is 9.92. The second-order valence-corrected chi connectivity index (χ2v) is 5.65. The molecule has 0 spiro atoms. The summed E-state index contributed by atoms with van der Waals surface area (Å²) >= 11 is 0. The van der Waals surface area contributed by atoms with Crippen LogP contribution in [-0.2, 0) is 4.79 Å². The van der Waals surface area contributed by atoms with Crippen molar-refractivity contribution >= 4 is 12.3 Å². The molecule has 0 amide bonds. The summed E-state index contributed by atoms with van der Waals surface area (Å²) in [5.41, 5.74) is 0. The molecule has 1 rings (SSSR count). The molecule has 1 heterocycles. The molecule has 4 heteroatoms. The molecule has 0 radical (unpaired) electrons. The Hall–Kier alpha value is -1.16. The van der Waals surface area contributed by atoms with Gasteiger partial charge in [-0.1, -0.05) is 46.5 Å². The summed E-state index contributed by atoms with van der Waals surface area (Å²) in [6, 6.07) is 0. The molecule has 0 saturated heterocycles. The van der Waals surface area contributed by atoms with E-state index in [-0.39, 0.29) is 6.42 Å². The highest BCUT2D eigenvalue weighted by Gasteiger charge is 2.22. The largest absolute Gasteiger partial charge is 0.550 e. The maximum Gasteiger partial charge on any atom is 0.194 e. The number of nitrogens with zero attached hydrogens (tertiary/aromatic N) is 2. The summed E-state index contributed by atoms with van der Waals surface area (Å²) in [6.45, 7) is 8.95. The van der Waals surface area contributed by atoms with Crippen molar-refractivity contribution in [3.05, 3.63) is 12.4 Å². The maximum absolute atomic E-state index is 9.92. The van der Waals surface area contributed by atoms with Gasteiger partial charge in [0.1, 0.15) is 6.20 Å². The molecule has 0 aromatic rings. The molecular weight excluding hydrogens is 264 g/mol. The molecule has 0 aromatic carbocycles. The minimum atomic E-state index is -0.920. The van der Waals surface area contributed by atoms with E-state index in [4.69, 9.17) is 0 Å². The van der Waals surface area contributed by atoms with E-state index < -0.39 is 5.97 Å². The Kier molecular flexibility index (Phi) is 11.9. The molecule has 0 bridgehead atoms. The maximum atomic E-state index is 9.92. The van der Waals surface area contributed by atoms with Gasteiger partial charge < -0.3 is 9.90 Å². The molecule has 0 saturated carbocycles. The van der Waals surface area contributed by atoms with Gasteiger partial charge in [-0.3, -0.25) is 4.48 Å². The molecule has 0 fully saturated rings. The van der Waals surface area contributed by atoms with Crippen molar-refractivity contribution in [1.29, 1.82) is 0 Å². The predicted octanol–water partition coefficient (Wildman–Crippen LogP) is 3.23. The number of hydrogen-bond acceptors (Lipinski definition) is 3. The van der Waals surface area contributed by atoms with E-state index in [2.05, 4.69) is 32.0 Å². The van der Waals surface area contributed by atoms with Gasteiger partial charge in [-0.2, -0.15) is 0 Å². The monoisotopic (exact) mass is 296 g/mol. The second kappa shape index (κ2) is 12.6. The van der Waals surface area contributed by atoms with Crippen molar-refractivity contribution in [2.24, 2.45) is 4.99 Å². The van der Waals surface area contributed by atoms with Gasteiger partial charge >= 0.3 is 0 Å². The fourth-order valence-corrected chi connectivity index (χ4v) is 2.46. The van der Waals surface area contributed by atoms with E-state index >= 15 is 0 Å². The molecule has 0 atom stereocenters. The van der Waals surface area contributed by atoms with Crippen molar-refractivity contribution in [2.75, 3.05) is 13.1 Å². The average Bonchev–Trinajstić information content (AvgIpc) is 2.88. The number of carbonyl (C=O) groups is 1. The van der Waals surface area contributed by atoms with Gasteiger partial charge in [0, 0.05) is 5.97 Å². The van der Waals surface area contributed by atoms with Crippen LogP contribution in [0.1, 0.15) is 72.1 Å². The lowest BCUT2D eigenvalue weighted by molar-refractivity contribution is -0.779. The van der Waals surface area contributed by atoms with Crippen LogP contribution in [0.4, 0.5) is 0 Å². The molecule has 0 aromatic heterocycles. The number of quaternary nitrogens is 1. The summed E-state index contributed by atoms with van der Waals surface area (Å²) < 4.78 is 0.965. The summed E-state index contributed by atoms with van der Waals surface area (Å²) in [6.07, 6.45) is 14.2. The van der Waals surface area contributed by atoms with Crippen LogP contribution in [0.15, 0.2) is 17.4 Å². The number of carboxylic acids is 1. The first-order valence-corrected chi connectivity index (χ1v) is 8.38. The lowest BCUT2D eigenvalue weighted by atomic mass is 10.1. The molecule has 122 valence electrons. The number of unbranched alkanes of at least 4 members (excludes halogenated alkanes) is 4. The highest BCUT2D eigenvalue weighted by molar-refractivity contribution is 5.64. The van der Waals surface area contributed by atoms with Gasteiger partial charge in [-0.15, -0.1) is 0 Å². The Morgan fingerprint density at radius 2 is 1.62 bits per heavy atom. The van der Waals surface area contributed by atoms with Crippen LogP contribution >= 0.6 is 0 Å². The minimum Gasteiger partial charge on any atom is -0.550 e. The van der Waals surface area contributed by atoms with Crippen LogP contribution < -0.4 is 5.11 Å². The number of carbonyl (C=O) groups excluding carboxylic acids is 1. The number of aliphatic imine (C=N–C) groups is 1. The molecule has 0 N–H and O–H groups in total. The van der Waals surface area contributed by atoms with Crippen LogP contribution in [-0.4, -0.2) is 29.9 Å². The highest BCUT2D eigenvalue weighted by Crippen LogP contribution is 2.12. The third-order valence-electron chi connectivity index (χ3n) is 3.51. The van der Waals surface area contributed by atoms with Crippen LogP contribution in [0.3, 0.4) is 0 Å². The Morgan fingerprint density at radius 3 is 2.05 bits per heavy atom. The zero-order chi connectivity index (χ0) is 16.0. The minimum absolute atomic E-state index is 0.226. The summed E-state index contributed by atoms with van der Waals surface area (Å²) in [4.78, 5) is 14.1. The molecule has 0 aliphatic carbocycles. The van der Waals surface area contributed by atoms with Crippen molar-refractivity contribution in [2.45, 2.75) is 72.1 Å². The first-order chi connectivity index (χ1) is 10.1. The van der Waals surface area contributed by atoms with Crippen molar-refractivity contribution in [1.82, 2.24) is 0 Å². The molecular formula is C17H32N2O2. The Labute approximate surface area is 130 Å². The average molecular weight is 296 g/mol. The van der Waals surface area contributed by atoms with Gasteiger partial charge in [0.2, 0.25) is 0 Å². The molecule has 1 aliphatic heterocycles. The summed E-state index contributed by atoms with van der Waals surface area (Å²) in [5.74, 6) is -0.920. The van der Waals surface area contributed by atoms with E-state index in [0.29, 0.717) is 0 Å². The van der Waals surface area contributed by atoms with Crippen molar-refractivity contribution in [3.8, 4) is 0 Å². The number of carboxylic acid groups (broad SMARTS) is 1. The quantitative estimate of drug-likeness (QED) is 0.459. The second-order valence-electron chi connectivity index (χ2n) is 5.65. The topological polar surface area (TPSA) is 52.5 Å². The molecule has 4 nitrogen and oxygen atoms in total. The van der Waals surface area contributed by atoms with Crippen LogP contribution in [0.2, 0.25) is 0 Å². The fraction of sp³-hybridized carbons (Fsp3) is 0.765. The van der Waals surface area contributed by atoms with Crippen LogP contribution in [0.25, 0.3) is 0 Å². The van der Waals surface area contributed by atoms with E-state index in [9.17, 15) is 9.90 Å². The van der Waals surface area contributed by atoms with Gasteiger partial charge in [-0.25, -0.2) is 4.99 Å². The molecule has 0 unspecified atom stereocenters. The van der Waals surface area contributed by atoms with E-state index in [1.165, 1.54) is 38.8 Å². The van der Waals surface area contributed by atoms with Gasteiger partial charge in [0.05, 0.1) is 19.3 Å². The number of aliphatic carboxylic acids is 1. The molecule has 21 heavy (non-hydrogen) atoms. The lowest BCUT2D eigenvalue weighted by Gasteiger charge is -2.26. The fourth-order valence-electron chi connectivity index (χ4n) is 2.46. The highest BCUT2D eigenvalue weighted by atomic mass is 16.4. The van der Waals surface area contributed by atoms with Gasteiger partial charge in [-0.05, 0) is 25.7 Å². The van der Waals surface area contributed by atoms with Crippen LogP contribution in [0.5, 0.6) is 0 Å². The first kappa shape index (κ1) is 19.8. The SMILES string of the molecule is CCCCCCCC(=O)[O-].CCC[N+]1(CCC)C=CN=C1. The van der Waals surface area contributed by atoms with Crippen LogP contribution in [0, 0.1) is 0 Å².